The fourth-order valence-electron chi connectivity index (χ4n) is 1.84. The van der Waals surface area contributed by atoms with Crippen LogP contribution in [0, 0.1) is 6.92 Å². The van der Waals surface area contributed by atoms with Crippen LogP contribution in [0.2, 0.25) is 5.02 Å². The number of hydrogen-bond acceptors (Lipinski definition) is 4. The lowest BCUT2D eigenvalue weighted by Crippen LogP contribution is -2.18. The molecule has 0 radical (unpaired) electrons. The SMILES string of the molecule is Cc1cc(CN(C)Cc2c(N)cccc2Cl)no1. The van der Waals surface area contributed by atoms with E-state index in [9.17, 15) is 0 Å². The van der Waals surface area contributed by atoms with Crippen LogP contribution in [-0.2, 0) is 13.1 Å². The van der Waals surface area contributed by atoms with Crippen molar-refractivity contribution in [1.29, 1.82) is 0 Å². The van der Waals surface area contributed by atoms with E-state index >= 15 is 0 Å². The van der Waals surface area contributed by atoms with Gasteiger partial charge in [-0.25, -0.2) is 0 Å². The summed E-state index contributed by atoms with van der Waals surface area (Å²) in [7, 11) is 1.99. The monoisotopic (exact) mass is 265 g/mol. The summed E-state index contributed by atoms with van der Waals surface area (Å²) >= 11 is 6.14. The van der Waals surface area contributed by atoms with Gasteiger partial charge in [-0.05, 0) is 26.1 Å². The van der Waals surface area contributed by atoms with Crippen LogP contribution >= 0.6 is 11.6 Å². The summed E-state index contributed by atoms with van der Waals surface area (Å²) in [5.41, 5.74) is 8.49. The minimum absolute atomic E-state index is 0.678. The molecule has 1 heterocycles. The summed E-state index contributed by atoms with van der Waals surface area (Å²) in [6.45, 7) is 3.25. The third-order valence-corrected chi connectivity index (χ3v) is 3.05. The Morgan fingerprint density at radius 2 is 2.17 bits per heavy atom. The number of nitrogens with two attached hydrogens (primary N) is 1. The van der Waals surface area contributed by atoms with Crippen molar-refractivity contribution >= 4 is 17.3 Å². The number of rotatable bonds is 4. The zero-order valence-corrected chi connectivity index (χ0v) is 11.2. The number of aryl methyl sites for hydroxylation is 1. The average molecular weight is 266 g/mol. The van der Waals surface area contributed by atoms with Crippen LogP contribution in [0.15, 0.2) is 28.8 Å². The van der Waals surface area contributed by atoms with Crippen LogP contribution in [0.3, 0.4) is 0 Å². The maximum Gasteiger partial charge on any atom is 0.133 e. The Hall–Kier alpha value is -1.52. The molecule has 0 saturated heterocycles. The molecule has 2 rings (SSSR count). The van der Waals surface area contributed by atoms with E-state index in [1.165, 1.54) is 0 Å². The normalized spacial score (nSPS) is 11.1. The van der Waals surface area contributed by atoms with Gasteiger partial charge in [0.25, 0.3) is 0 Å². The molecule has 4 nitrogen and oxygen atoms in total. The van der Waals surface area contributed by atoms with Crippen molar-refractivity contribution in [3.8, 4) is 0 Å². The average Bonchev–Trinajstić information content (AvgIpc) is 2.69. The van der Waals surface area contributed by atoms with E-state index in [1.54, 1.807) is 0 Å². The maximum absolute atomic E-state index is 6.14. The Balaban J connectivity index is 2.05. The molecular formula is C13H16ClN3O. The molecule has 2 N–H and O–H groups in total. The molecule has 0 unspecified atom stereocenters. The minimum Gasteiger partial charge on any atom is -0.398 e. The van der Waals surface area contributed by atoms with Gasteiger partial charge in [0, 0.05) is 35.4 Å². The van der Waals surface area contributed by atoms with Crippen LogP contribution in [-0.4, -0.2) is 17.1 Å². The van der Waals surface area contributed by atoms with E-state index in [0.29, 0.717) is 23.8 Å². The smallest absolute Gasteiger partial charge is 0.133 e. The predicted molar refractivity (Wildman–Crippen MR) is 72.3 cm³/mol. The number of aromatic nitrogens is 1. The number of halogens is 1. The summed E-state index contributed by atoms with van der Waals surface area (Å²) in [5, 5.41) is 4.65. The summed E-state index contributed by atoms with van der Waals surface area (Å²) in [6.07, 6.45) is 0. The van der Waals surface area contributed by atoms with Crippen molar-refractivity contribution in [3.05, 3.63) is 46.3 Å². The molecule has 0 bridgehead atoms. The second-order valence-corrected chi connectivity index (χ2v) is 4.82. The van der Waals surface area contributed by atoms with Gasteiger partial charge in [0.05, 0.1) is 5.69 Å². The van der Waals surface area contributed by atoms with Gasteiger partial charge < -0.3 is 10.3 Å². The molecule has 5 heteroatoms. The largest absolute Gasteiger partial charge is 0.398 e. The Labute approximate surface area is 111 Å². The zero-order valence-electron chi connectivity index (χ0n) is 10.5. The number of benzene rings is 1. The molecule has 0 atom stereocenters. The van der Waals surface area contributed by atoms with Gasteiger partial charge in [0.1, 0.15) is 5.76 Å². The van der Waals surface area contributed by atoms with Crippen LogP contribution in [0.5, 0.6) is 0 Å². The molecule has 96 valence electrons. The lowest BCUT2D eigenvalue weighted by Gasteiger charge is -2.17. The van der Waals surface area contributed by atoms with Gasteiger partial charge in [-0.1, -0.05) is 22.8 Å². The summed E-state index contributed by atoms with van der Waals surface area (Å²) < 4.78 is 5.04. The standard InChI is InChI=1S/C13H16ClN3O/c1-9-6-10(16-18-9)7-17(2)8-11-12(14)4-3-5-13(11)15/h3-6H,7-8,15H2,1-2H3. The second-order valence-electron chi connectivity index (χ2n) is 4.41. The molecule has 18 heavy (non-hydrogen) atoms. The summed E-state index contributed by atoms with van der Waals surface area (Å²) in [6, 6.07) is 7.48. The van der Waals surface area contributed by atoms with E-state index in [0.717, 1.165) is 17.0 Å². The molecule has 0 aliphatic heterocycles. The first-order valence-electron chi connectivity index (χ1n) is 5.70. The first kappa shape index (κ1) is 12.9. The lowest BCUT2D eigenvalue weighted by atomic mass is 10.1. The van der Waals surface area contributed by atoms with Gasteiger partial charge in [-0.3, -0.25) is 4.90 Å². The molecule has 0 aliphatic carbocycles. The van der Waals surface area contributed by atoms with Crippen molar-refractivity contribution in [1.82, 2.24) is 10.1 Å². The van der Waals surface area contributed by atoms with Crippen LogP contribution in [0.1, 0.15) is 17.0 Å². The van der Waals surface area contributed by atoms with Gasteiger partial charge >= 0.3 is 0 Å². The first-order chi connectivity index (χ1) is 8.56. The molecule has 1 aromatic heterocycles. The highest BCUT2D eigenvalue weighted by atomic mass is 35.5. The predicted octanol–water partition coefficient (Wildman–Crippen LogP) is 2.85. The zero-order chi connectivity index (χ0) is 13.1. The number of hydrogen-bond donors (Lipinski definition) is 1. The van der Waals surface area contributed by atoms with Crippen LogP contribution in [0.25, 0.3) is 0 Å². The highest BCUT2D eigenvalue weighted by Crippen LogP contribution is 2.23. The Kier molecular flexibility index (Phi) is 3.89. The lowest BCUT2D eigenvalue weighted by molar-refractivity contribution is 0.302. The molecule has 0 aliphatic rings. The molecule has 1 aromatic carbocycles. The molecule has 0 saturated carbocycles. The highest BCUT2D eigenvalue weighted by molar-refractivity contribution is 6.31. The van der Waals surface area contributed by atoms with Crippen LogP contribution < -0.4 is 5.73 Å². The van der Waals surface area contributed by atoms with E-state index in [2.05, 4.69) is 10.1 Å². The van der Waals surface area contributed by atoms with Gasteiger partial charge in [-0.15, -0.1) is 0 Å². The Morgan fingerprint density at radius 1 is 1.39 bits per heavy atom. The minimum atomic E-state index is 0.678. The highest BCUT2D eigenvalue weighted by Gasteiger charge is 2.10. The van der Waals surface area contributed by atoms with Crippen molar-refractivity contribution in [2.45, 2.75) is 20.0 Å². The second kappa shape index (κ2) is 5.42. The fourth-order valence-corrected chi connectivity index (χ4v) is 2.08. The van der Waals surface area contributed by atoms with Gasteiger partial charge in [-0.2, -0.15) is 0 Å². The van der Waals surface area contributed by atoms with Crippen molar-refractivity contribution in [2.24, 2.45) is 0 Å². The number of nitrogen functional groups attached to an aromatic ring is 1. The van der Waals surface area contributed by atoms with Crippen molar-refractivity contribution in [3.63, 3.8) is 0 Å². The third-order valence-electron chi connectivity index (χ3n) is 2.69. The molecule has 0 amide bonds. The van der Waals surface area contributed by atoms with Crippen LogP contribution in [0.4, 0.5) is 5.69 Å². The fraction of sp³-hybridized carbons (Fsp3) is 0.308. The molecular weight excluding hydrogens is 250 g/mol. The Morgan fingerprint density at radius 3 is 2.78 bits per heavy atom. The topological polar surface area (TPSA) is 55.3 Å². The van der Waals surface area contributed by atoms with Crippen molar-refractivity contribution < 1.29 is 4.52 Å². The third kappa shape index (κ3) is 3.03. The Bertz CT molecular complexity index is 519. The number of anilines is 1. The summed E-state index contributed by atoms with van der Waals surface area (Å²) in [4.78, 5) is 2.09. The van der Waals surface area contributed by atoms with Gasteiger partial charge in [0.2, 0.25) is 0 Å². The molecule has 2 aromatic rings. The molecule has 0 spiro atoms. The first-order valence-corrected chi connectivity index (χ1v) is 6.07. The van der Waals surface area contributed by atoms with Crippen molar-refractivity contribution in [2.75, 3.05) is 12.8 Å². The number of nitrogens with zero attached hydrogens (tertiary/aromatic N) is 2. The summed E-state index contributed by atoms with van der Waals surface area (Å²) in [5.74, 6) is 0.815. The molecule has 0 fully saturated rings. The maximum atomic E-state index is 6.14. The van der Waals surface area contributed by atoms with E-state index in [-0.39, 0.29) is 0 Å². The quantitative estimate of drug-likeness (QED) is 0.864. The van der Waals surface area contributed by atoms with E-state index in [1.807, 2.05) is 38.2 Å². The van der Waals surface area contributed by atoms with Gasteiger partial charge in [0.15, 0.2) is 0 Å². The van der Waals surface area contributed by atoms with E-state index < -0.39 is 0 Å². The van der Waals surface area contributed by atoms with E-state index in [4.69, 9.17) is 21.9 Å².